The lowest BCUT2D eigenvalue weighted by molar-refractivity contribution is -0.127. The van der Waals surface area contributed by atoms with E-state index in [0.717, 1.165) is 5.56 Å². The fourth-order valence-corrected chi connectivity index (χ4v) is 8.79. The summed E-state index contributed by atoms with van der Waals surface area (Å²) in [7, 11) is -5.94. The van der Waals surface area contributed by atoms with E-state index in [0.29, 0.717) is 25.7 Å². The highest BCUT2D eigenvalue weighted by molar-refractivity contribution is 9.09. The molecule has 1 heterocycles. The molecule has 1 aromatic carbocycles. The molecular weight excluding hydrogens is 482 g/mol. The third kappa shape index (κ3) is 4.10. The van der Waals surface area contributed by atoms with Gasteiger partial charge < -0.3 is 4.43 Å². The Bertz CT molecular complexity index is 910. The zero-order valence-electron chi connectivity index (χ0n) is 18.9. The Hall–Kier alpha value is -0.543. The van der Waals surface area contributed by atoms with Gasteiger partial charge in [0.25, 0.3) is 0 Å². The van der Waals surface area contributed by atoms with Gasteiger partial charge in [-0.05, 0) is 56.5 Å². The van der Waals surface area contributed by atoms with Gasteiger partial charge in [-0.2, -0.15) is 4.31 Å². The van der Waals surface area contributed by atoms with E-state index in [1.807, 2.05) is 6.92 Å². The number of ketones is 1. The van der Waals surface area contributed by atoms with Crippen LogP contribution in [0.2, 0.25) is 18.1 Å². The summed E-state index contributed by atoms with van der Waals surface area (Å²) in [4.78, 5) is 13.1. The number of rotatable bonds is 4. The van der Waals surface area contributed by atoms with Gasteiger partial charge in [-0.1, -0.05) is 54.4 Å². The molecule has 2 fully saturated rings. The van der Waals surface area contributed by atoms with Gasteiger partial charge in [-0.15, -0.1) is 0 Å². The van der Waals surface area contributed by atoms with Gasteiger partial charge in [-0.25, -0.2) is 8.42 Å². The fraction of sp³-hybridized carbons (Fsp3) is 0.682. The molecule has 1 aliphatic carbocycles. The van der Waals surface area contributed by atoms with E-state index in [4.69, 9.17) is 4.43 Å². The second-order valence-corrected chi connectivity index (χ2v) is 18.0. The molecule has 8 heteroatoms. The largest absolute Gasteiger partial charge is 0.413 e. The van der Waals surface area contributed by atoms with E-state index in [-0.39, 0.29) is 33.2 Å². The number of hydrogen-bond acceptors (Lipinski definition) is 4. The Morgan fingerprint density at radius 1 is 1.20 bits per heavy atom. The number of aryl methyl sites for hydroxylation is 1. The molecule has 2 aliphatic rings. The predicted octanol–water partition coefficient (Wildman–Crippen LogP) is 5.04. The van der Waals surface area contributed by atoms with Crippen molar-refractivity contribution in [2.45, 2.75) is 92.9 Å². The van der Waals surface area contributed by atoms with Gasteiger partial charge in [0.1, 0.15) is 5.54 Å². The molecule has 1 spiro atoms. The zero-order valence-corrected chi connectivity index (χ0v) is 22.3. The Balaban J connectivity index is 2.03. The number of hydrogen-bond donors (Lipinski definition) is 0. The second kappa shape index (κ2) is 8.10. The first-order valence-corrected chi connectivity index (χ1v) is 15.9. The number of carbonyl (C=O) groups is 1. The molecule has 5 nitrogen and oxygen atoms in total. The van der Waals surface area contributed by atoms with Crippen molar-refractivity contribution in [1.29, 1.82) is 0 Å². The zero-order chi connectivity index (χ0) is 22.5. The lowest BCUT2D eigenvalue weighted by Gasteiger charge is -2.50. The maximum absolute atomic E-state index is 13.8. The minimum Gasteiger partial charge on any atom is -0.413 e. The van der Waals surface area contributed by atoms with E-state index in [1.165, 1.54) is 4.31 Å². The number of carbonyl (C=O) groups excluding carboxylic acids is 1. The second-order valence-electron chi connectivity index (χ2n) is 10.3. The van der Waals surface area contributed by atoms with Gasteiger partial charge in [-0.3, -0.25) is 4.79 Å². The van der Waals surface area contributed by atoms with Gasteiger partial charge in [0, 0.05) is 17.8 Å². The van der Waals surface area contributed by atoms with Gasteiger partial charge in [0.15, 0.2) is 14.1 Å². The lowest BCUT2D eigenvalue weighted by Crippen LogP contribution is -2.66. The van der Waals surface area contributed by atoms with Crippen LogP contribution in [0.3, 0.4) is 0 Å². The van der Waals surface area contributed by atoms with Crippen LogP contribution in [0, 0.1) is 6.92 Å². The average molecular weight is 517 g/mol. The van der Waals surface area contributed by atoms with Crippen LogP contribution in [0.1, 0.15) is 52.0 Å². The monoisotopic (exact) mass is 515 g/mol. The predicted molar refractivity (Wildman–Crippen MR) is 126 cm³/mol. The van der Waals surface area contributed by atoms with Crippen LogP contribution in [0.25, 0.3) is 0 Å². The summed E-state index contributed by atoms with van der Waals surface area (Å²) in [5.41, 5.74) is -0.0199. The maximum atomic E-state index is 13.8. The van der Waals surface area contributed by atoms with Crippen LogP contribution in [0.4, 0.5) is 0 Å². The van der Waals surface area contributed by atoms with Crippen molar-refractivity contribution in [2.24, 2.45) is 0 Å². The van der Waals surface area contributed by atoms with Crippen molar-refractivity contribution in [3.63, 3.8) is 0 Å². The number of halogens is 1. The molecule has 0 N–H and O–H groups in total. The Morgan fingerprint density at radius 2 is 1.80 bits per heavy atom. The summed E-state index contributed by atoms with van der Waals surface area (Å²) in [6.45, 7) is 13.0. The number of alkyl halides is 1. The molecule has 0 bridgehead atoms. The Kier molecular flexibility index (Phi) is 6.51. The van der Waals surface area contributed by atoms with E-state index < -0.39 is 23.9 Å². The highest BCUT2D eigenvalue weighted by Gasteiger charge is 2.59. The number of benzene rings is 1. The fourth-order valence-electron chi connectivity index (χ4n) is 4.30. The molecule has 1 aromatic rings. The molecular formula is C22H34BrNO4SSi. The molecule has 30 heavy (non-hydrogen) atoms. The SMILES string of the molecule is Cc1ccc(S(=O)(=O)N2C[C@@H](O[Si](C)(C)C(C)(C)C)C[C@@H](Br)[C@]23CCCC3=O)cc1. The van der Waals surface area contributed by atoms with Crippen molar-refractivity contribution in [3.8, 4) is 0 Å². The van der Waals surface area contributed by atoms with Gasteiger partial charge >= 0.3 is 0 Å². The van der Waals surface area contributed by atoms with Crippen LogP contribution < -0.4 is 0 Å². The third-order valence-corrected chi connectivity index (χ3v) is 14.7. The van der Waals surface area contributed by atoms with E-state index >= 15 is 0 Å². The highest BCUT2D eigenvalue weighted by atomic mass is 79.9. The maximum Gasteiger partial charge on any atom is 0.244 e. The first-order valence-electron chi connectivity index (χ1n) is 10.7. The third-order valence-electron chi connectivity index (χ3n) is 7.12. The molecule has 0 aromatic heterocycles. The standard InChI is InChI=1S/C22H34BrNO4SSi/c1-16-9-11-18(12-10-16)29(26,27)24-15-17(28-30(5,6)21(2,3)4)14-19(23)22(24)13-7-8-20(22)25/h9-12,17,19H,7-8,13-15H2,1-6H3/t17-,19+,22-/m0/s1. The summed E-state index contributed by atoms with van der Waals surface area (Å²) in [5.74, 6) is 0.0193. The molecule has 1 aliphatic heterocycles. The molecule has 0 amide bonds. The van der Waals surface area contributed by atoms with Crippen molar-refractivity contribution < 1.29 is 17.6 Å². The number of piperidine rings is 1. The number of nitrogens with zero attached hydrogens (tertiary/aromatic N) is 1. The van der Waals surface area contributed by atoms with Crippen molar-refractivity contribution >= 4 is 40.1 Å². The van der Waals surface area contributed by atoms with E-state index in [1.54, 1.807) is 24.3 Å². The average Bonchev–Trinajstić information content (AvgIpc) is 2.99. The van der Waals surface area contributed by atoms with Gasteiger partial charge in [0.2, 0.25) is 10.0 Å². The first-order chi connectivity index (χ1) is 13.7. The van der Waals surface area contributed by atoms with Crippen molar-refractivity contribution in [1.82, 2.24) is 4.31 Å². The number of Topliss-reactive ketones (excluding diaryl/α,β-unsaturated/α-hetero) is 1. The molecule has 168 valence electrons. The molecule has 0 unspecified atom stereocenters. The summed E-state index contributed by atoms with van der Waals surface area (Å²) in [6.07, 6.45) is 2.09. The quantitative estimate of drug-likeness (QED) is 0.416. The van der Waals surface area contributed by atoms with Crippen molar-refractivity contribution in [3.05, 3.63) is 29.8 Å². The van der Waals surface area contributed by atoms with Gasteiger partial charge in [0.05, 0.1) is 11.0 Å². The molecule has 0 radical (unpaired) electrons. The Morgan fingerprint density at radius 3 is 2.30 bits per heavy atom. The van der Waals surface area contributed by atoms with Crippen LogP contribution in [-0.2, 0) is 19.2 Å². The molecule has 3 rings (SSSR count). The topological polar surface area (TPSA) is 63.7 Å². The summed E-state index contributed by atoms with van der Waals surface area (Å²) in [5, 5.41) is 0.0216. The minimum absolute atomic E-state index is 0.0193. The van der Waals surface area contributed by atoms with Crippen LogP contribution >= 0.6 is 15.9 Å². The van der Waals surface area contributed by atoms with E-state index in [2.05, 4.69) is 49.8 Å². The number of sulfonamides is 1. The van der Waals surface area contributed by atoms with Crippen LogP contribution in [0.5, 0.6) is 0 Å². The summed E-state index contributed by atoms with van der Waals surface area (Å²) >= 11 is 3.74. The van der Waals surface area contributed by atoms with Crippen LogP contribution in [-0.4, -0.2) is 49.8 Å². The normalized spacial score (nSPS) is 29.0. The summed E-state index contributed by atoms with van der Waals surface area (Å²) in [6, 6.07) is 6.88. The van der Waals surface area contributed by atoms with E-state index in [9.17, 15) is 13.2 Å². The molecule has 1 saturated heterocycles. The lowest BCUT2D eigenvalue weighted by atomic mass is 9.85. The summed E-state index contributed by atoms with van der Waals surface area (Å²) < 4.78 is 35.6. The minimum atomic E-state index is -3.84. The van der Waals surface area contributed by atoms with Crippen LogP contribution in [0.15, 0.2) is 29.2 Å². The first kappa shape index (κ1) is 24.1. The Labute approximate surface area is 190 Å². The smallest absolute Gasteiger partial charge is 0.244 e. The molecule has 1 saturated carbocycles. The highest BCUT2D eigenvalue weighted by Crippen LogP contribution is 2.47. The molecule has 3 atom stereocenters. The van der Waals surface area contributed by atoms with Crippen molar-refractivity contribution in [2.75, 3.05) is 6.54 Å².